The van der Waals surface area contributed by atoms with Crippen molar-refractivity contribution >= 4 is 82.0 Å². The zero-order valence-corrected chi connectivity index (χ0v) is 26.9. The largest absolute Gasteiger partial charge is 0.459 e. The zero-order valence-electron chi connectivity index (χ0n) is 23.8. The molecule has 0 spiro atoms. The van der Waals surface area contributed by atoms with Gasteiger partial charge in [-0.05, 0) is 72.8 Å². The number of hydrogen-bond donors (Lipinski definition) is 2. The number of carbonyl (C=O) groups is 3. The Morgan fingerprint density at radius 1 is 0.809 bits per heavy atom. The van der Waals surface area contributed by atoms with Gasteiger partial charge in [0.25, 0.3) is 0 Å². The Bertz CT molecular complexity index is 2020. The number of benzene rings is 3. The lowest BCUT2D eigenvalue weighted by Crippen LogP contribution is -2.41. The van der Waals surface area contributed by atoms with Crippen LogP contribution in [0.1, 0.15) is 37.3 Å². The summed E-state index contributed by atoms with van der Waals surface area (Å²) in [5.41, 5.74) is 7.07. The summed E-state index contributed by atoms with van der Waals surface area (Å²) < 4.78 is 25.5. The van der Waals surface area contributed by atoms with E-state index in [0.29, 0.717) is 20.7 Å². The predicted molar refractivity (Wildman–Crippen MR) is 174 cm³/mol. The summed E-state index contributed by atoms with van der Waals surface area (Å²) in [7, 11) is 0. The van der Waals surface area contributed by atoms with Crippen LogP contribution in [-0.2, 0) is 18.9 Å². The minimum Gasteiger partial charge on any atom is -0.459 e. The fourth-order valence-electron chi connectivity index (χ4n) is 4.86. The van der Waals surface area contributed by atoms with Crippen LogP contribution in [-0.4, -0.2) is 62.3 Å². The highest BCUT2D eigenvalue weighted by atomic mass is 35.5. The zero-order chi connectivity index (χ0) is 33.2. The average molecular weight is 715 g/mol. The molecule has 3 heterocycles. The lowest BCUT2D eigenvalue weighted by atomic mass is 10.1. The Hall–Kier alpha value is -4.53. The topological polar surface area (TPSA) is 161 Å². The van der Waals surface area contributed by atoms with Gasteiger partial charge in [-0.3, -0.25) is 4.57 Å². The first-order valence-corrected chi connectivity index (χ1v) is 15.3. The number of H-pyrrole nitrogens is 1. The number of carbonyl (C=O) groups excluding carboxylic acids is 3. The molecule has 0 radical (unpaired) electrons. The Balaban J connectivity index is 1.39. The van der Waals surface area contributed by atoms with Crippen molar-refractivity contribution in [3.8, 4) is 0 Å². The number of halogens is 3. The number of nitrogen functional groups attached to an aromatic ring is 1. The lowest BCUT2D eigenvalue weighted by Gasteiger charge is -2.25. The van der Waals surface area contributed by atoms with Gasteiger partial charge in [0.2, 0.25) is 0 Å². The molecular weight excluding hydrogens is 693 g/mol. The summed E-state index contributed by atoms with van der Waals surface area (Å²) in [6.45, 7) is -0.405. The third kappa shape index (κ3) is 7.09. The molecule has 0 aliphatic carbocycles. The number of aromatic amines is 1. The molecule has 1 aliphatic heterocycles. The molecule has 0 bridgehead atoms. The second-order valence-electron chi connectivity index (χ2n) is 10.2. The van der Waals surface area contributed by atoms with E-state index in [2.05, 4.69) is 15.0 Å². The number of rotatable bonds is 8. The summed E-state index contributed by atoms with van der Waals surface area (Å²) in [5.74, 6) is -2.25. The van der Waals surface area contributed by atoms with E-state index < -0.39 is 49.1 Å². The molecule has 12 nitrogen and oxygen atoms in total. The fraction of sp³-hybridized carbons (Fsp3) is 0.161. The molecule has 2 aromatic heterocycles. The molecule has 1 fully saturated rings. The van der Waals surface area contributed by atoms with E-state index in [9.17, 15) is 14.4 Å². The first-order valence-electron chi connectivity index (χ1n) is 13.8. The number of nitrogens with two attached hydrogens (primary N) is 1. The SMILES string of the molecule is Nc1nc(=S)c2ncn([C@@H]3O[C@H](COC(=O)c4ccc(Cl)cc4)[C@@H](OC(=O)c4ccc(Cl)cc4)[C@@H]3OC(=O)c3ccc(Cl)cc3)c2[nH]1. The molecule has 0 amide bonds. The highest BCUT2D eigenvalue weighted by Crippen LogP contribution is 2.37. The molecule has 3 aromatic carbocycles. The highest BCUT2D eigenvalue weighted by Gasteiger charge is 2.51. The quantitative estimate of drug-likeness (QED) is 0.106. The monoisotopic (exact) mass is 713 g/mol. The molecule has 47 heavy (non-hydrogen) atoms. The van der Waals surface area contributed by atoms with Gasteiger partial charge in [0.1, 0.15) is 23.9 Å². The molecule has 3 N–H and O–H groups in total. The minimum absolute atomic E-state index is 0.00360. The Morgan fingerprint density at radius 3 is 1.83 bits per heavy atom. The van der Waals surface area contributed by atoms with Crippen LogP contribution in [0.4, 0.5) is 5.95 Å². The summed E-state index contributed by atoms with van der Waals surface area (Å²) in [5, 5.41) is 1.25. The van der Waals surface area contributed by atoms with Gasteiger partial charge in [-0.2, -0.15) is 0 Å². The summed E-state index contributed by atoms with van der Waals surface area (Å²) in [4.78, 5) is 51.1. The lowest BCUT2D eigenvalue weighted by molar-refractivity contribution is -0.0606. The van der Waals surface area contributed by atoms with Crippen molar-refractivity contribution in [3.05, 3.63) is 116 Å². The van der Waals surface area contributed by atoms with Crippen molar-refractivity contribution in [2.24, 2.45) is 0 Å². The van der Waals surface area contributed by atoms with E-state index >= 15 is 0 Å². The Morgan fingerprint density at radius 2 is 1.30 bits per heavy atom. The Labute approximate surface area is 286 Å². The second kappa shape index (κ2) is 13.7. The molecular formula is C31H22Cl3N5O7S. The van der Waals surface area contributed by atoms with Crippen LogP contribution in [0.2, 0.25) is 15.1 Å². The van der Waals surface area contributed by atoms with E-state index in [1.54, 1.807) is 0 Å². The third-order valence-corrected chi connectivity index (χ3v) is 8.17. The highest BCUT2D eigenvalue weighted by molar-refractivity contribution is 7.71. The van der Waals surface area contributed by atoms with Gasteiger partial charge in [-0.15, -0.1) is 0 Å². The number of esters is 3. The normalized spacial score (nSPS) is 19.0. The molecule has 0 saturated carbocycles. The molecule has 240 valence electrons. The summed E-state index contributed by atoms with van der Waals surface area (Å²) in [6, 6.07) is 18.1. The van der Waals surface area contributed by atoms with Crippen molar-refractivity contribution in [2.45, 2.75) is 24.5 Å². The molecule has 6 rings (SSSR count). The number of hydrogen-bond acceptors (Lipinski definition) is 11. The number of ether oxygens (including phenoxy) is 4. The smallest absolute Gasteiger partial charge is 0.338 e. The molecule has 16 heteroatoms. The first-order chi connectivity index (χ1) is 22.6. The van der Waals surface area contributed by atoms with Crippen LogP contribution in [0.3, 0.4) is 0 Å². The molecule has 4 atom stereocenters. The van der Waals surface area contributed by atoms with Gasteiger partial charge in [0, 0.05) is 15.1 Å². The maximum absolute atomic E-state index is 13.5. The van der Waals surface area contributed by atoms with Gasteiger partial charge in [0.15, 0.2) is 29.0 Å². The summed E-state index contributed by atoms with van der Waals surface area (Å²) >= 11 is 23.3. The third-order valence-electron chi connectivity index (χ3n) is 7.13. The van der Waals surface area contributed by atoms with E-state index in [1.165, 1.54) is 83.7 Å². The standard InChI is InChI=1S/C31H22Cl3N5O7S/c32-18-7-1-15(2-8-18)28(40)43-13-21-23(45-29(41)16-3-9-19(33)10-4-16)24(46-30(42)17-5-11-20(34)12-6-17)27(44-21)39-14-36-22-25(39)37-31(35)38-26(22)47/h1-12,14,21,23-24,27H,13H2,(H3,35,37,38,47)/t21-,23-,24+,27-/m1/s1. The number of nitrogens with one attached hydrogen (secondary N) is 1. The van der Waals surface area contributed by atoms with Crippen molar-refractivity contribution in [1.29, 1.82) is 0 Å². The van der Waals surface area contributed by atoms with E-state index in [0.717, 1.165) is 0 Å². The van der Waals surface area contributed by atoms with Gasteiger partial charge < -0.3 is 29.7 Å². The molecule has 1 aliphatic rings. The average Bonchev–Trinajstić information content (AvgIpc) is 3.61. The van der Waals surface area contributed by atoms with Crippen LogP contribution in [0.15, 0.2) is 79.1 Å². The maximum Gasteiger partial charge on any atom is 0.338 e. The van der Waals surface area contributed by atoms with E-state index in [-0.39, 0.29) is 32.8 Å². The molecule has 0 unspecified atom stereocenters. The van der Waals surface area contributed by atoms with Crippen molar-refractivity contribution in [1.82, 2.24) is 19.5 Å². The van der Waals surface area contributed by atoms with E-state index in [4.69, 9.17) is 71.7 Å². The predicted octanol–water partition coefficient (Wildman–Crippen LogP) is 6.24. The van der Waals surface area contributed by atoms with E-state index in [1.807, 2.05) is 0 Å². The van der Waals surface area contributed by atoms with Crippen LogP contribution in [0, 0.1) is 4.64 Å². The first kappa shape index (κ1) is 32.4. The number of imidazole rings is 1. The maximum atomic E-state index is 13.5. The molecule has 1 saturated heterocycles. The number of anilines is 1. The van der Waals surface area contributed by atoms with Crippen molar-refractivity contribution < 1.29 is 33.3 Å². The van der Waals surface area contributed by atoms with Crippen LogP contribution in [0.5, 0.6) is 0 Å². The Kier molecular flexibility index (Phi) is 9.43. The number of nitrogens with zero attached hydrogens (tertiary/aromatic N) is 3. The van der Waals surface area contributed by atoms with Crippen molar-refractivity contribution in [2.75, 3.05) is 12.3 Å². The van der Waals surface area contributed by atoms with Gasteiger partial charge in [0.05, 0.1) is 23.0 Å². The van der Waals surface area contributed by atoms with Crippen molar-refractivity contribution in [3.63, 3.8) is 0 Å². The van der Waals surface area contributed by atoms with Gasteiger partial charge in [-0.1, -0.05) is 47.0 Å². The van der Waals surface area contributed by atoms with Crippen LogP contribution >= 0.6 is 47.0 Å². The van der Waals surface area contributed by atoms with Gasteiger partial charge in [-0.25, -0.2) is 24.4 Å². The number of aromatic nitrogens is 4. The van der Waals surface area contributed by atoms with Gasteiger partial charge >= 0.3 is 17.9 Å². The number of fused-ring (bicyclic) bond motifs is 1. The fourth-order valence-corrected chi connectivity index (χ4v) is 5.49. The summed E-state index contributed by atoms with van der Waals surface area (Å²) in [6.07, 6.45) is -3.58. The second-order valence-corrected chi connectivity index (χ2v) is 11.9. The van der Waals surface area contributed by atoms with Crippen LogP contribution < -0.4 is 5.73 Å². The molecule has 5 aromatic rings. The van der Waals surface area contributed by atoms with Crippen LogP contribution in [0.25, 0.3) is 11.2 Å². The minimum atomic E-state index is -1.32.